The van der Waals surface area contributed by atoms with Gasteiger partial charge in [0.15, 0.2) is 0 Å². The van der Waals surface area contributed by atoms with E-state index in [1.54, 1.807) is 38.5 Å². The molecule has 0 aromatic heterocycles. The molecule has 0 unspecified atom stereocenters. The first kappa shape index (κ1) is 18.2. The number of aliphatic imine (C=N–C) groups is 1. The number of anilines is 3. The predicted molar refractivity (Wildman–Crippen MR) is 105 cm³/mol. The number of rotatable bonds is 6. The van der Waals surface area contributed by atoms with Crippen LogP contribution in [0.25, 0.3) is 0 Å². The Morgan fingerprint density at radius 2 is 1.56 bits per heavy atom. The van der Waals surface area contributed by atoms with Crippen LogP contribution in [0.1, 0.15) is 13.8 Å². The van der Waals surface area contributed by atoms with E-state index in [9.17, 15) is 0 Å². The van der Waals surface area contributed by atoms with Crippen molar-refractivity contribution in [2.24, 2.45) is 4.99 Å². The molecular formula is C19H24N4O2. The monoisotopic (exact) mass is 340 g/mol. The van der Waals surface area contributed by atoms with Gasteiger partial charge in [-0.15, -0.1) is 0 Å². The molecule has 0 saturated heterocycles. The Labute approximate surface area is 148 Å². The van der Waals surface area contributed by atoms with E-state index in [0.717, 1.165) is 22.8 Å². The van der Waals surface area contributed by atoms with Crippen LogP contribution in [0.3, 0.4) is 0 Å². The molecule has 0 aliphatic carbocycles. The third-order valence-corrected chi connectivity index (χ3v) is 3.55. The van der Waals surface area contributed by atoms with Gasteiger partial charge in [-0.25, -0.2) is 0 Å². The highest BCUT2D eigenvalue weighted by atomic mass is 16.5. The number of allylic oxidation sites excluding steroid dienone is 2. The molecular weight excluding hydrogens is 316 g/mol. The fourth-order valence-corrected chi connectivity index (χ4v) is 2.30. The average molecular weight is 340 g/mol. The van der Waals surface area contributed by atoms with Crippen molar-refractivity contribution in [3.63, 3.8) is 0 Å². The van der Waals surface area contributed by atoms with Crippen LogP contribution in [-0.4, -0.2) is 19.9 Å². The van der Waals surface area contributed by atoms with Crippen LogP contribution in [0, 0.1) is 0 Å². The smallest absolute Gasteiger partial charge is 0.121 e. The minimum Gasteiger partial charge on any atom is -0.497 e. The summed E-state index contributed by atoms with van der Waals surface area (Å²) in [5, 5.41) is 3.26. The van der Waals surface area contributed by atoms with Crippen molar-refractivity contribution >= 4 is 28.5 Å². The van der Waals surface area contributed by atoms with Gasteiger partial charge in [0.25, 0.3) is 0 Å². The lowest BCUT2D eigenvalue weighted by Crippen LogP contribution is -2.02. The van der Waals surface area contributed by atoms with Crippen LogP contribution in [0.15, 0.2) is 53.2 Å². The van der Waals surface area contributed by atoms with Gasteiger partial charge in [0.05, 0.1) is 37.0 Å². The van der Waals surface area contributed by atoms with E-state index in [-0.39, 0.29) is 0 Å². The highest BCUT2D eigenvalue weighted by molar-refractivity contribution is 5.96. The largest absolute Gasteiger partial charge is 0.497 e. The van der Waals surface area contributed by atoms with Gasteiger partial charge in [-0.2, -0.15) is 0 Å². The molecule has 5 N–H and O–H groups in total. The number of ether oxygens (including phenoxy) is 2. The van der Waals surface area contributed by atoms with Gasteiger partial charge in [-0.05, 0) is 44.2 Å². The van der Waals surface area contributed by atoms with Gasteiger partial charge < -0.3 is 26.3 Å². The Balaban J connectivity index is 2.21. The highest BCUT2D eigenvalue weighted by Gasteiger charge is 2.03. The van der Waals surface area contributed by atoms with Crippen LogP contribution in [0.5, 0.6) is 11.5 Å². The molecule has 0 aliphatic heterocycles. The zero-order valence-electron chi connectivity index (χ0n) is 15.0. The second-order valence-corrected chi connectivity index (χ2v) is 5.58. The molecule has 0 heterocycles. The molecule has 0 saturated carbocycles. The Morgan fingerprint density at radius 3 is 2.20 bits per heavy atom. The lowest BCUT2D eigenvalue weighted by Gasteiger charge is -2.11. The quantitative estimate of drug-likeness (QED) is 0.546. The maximum atomic E-state index is 5.99. The van der Waals surface area contributed by atoms with Crippen molar-refractivity contribution in [2.75, 3.05) is 31.0 Å². The molecule has 0 radical (unpaired) electrons. The molecule has 0 fully saturated rings. The molecule has 6 heteroatoms. The van der Waals surface area contributed by atoms with E-state index in [1.807, 2.05) is 32.1 Å². The Bertz CT molecular complexity index is 813. The van der Waals surface area contributed by atoms with E-state index in [4.69, 9.17) is 20.9 Å². The molecule has 132 valence electrons. The topological polar surface area (TPSA) is 94.9 Å². The molecule has 2 rings (SSSR count). The van der Waals surface area contributed by atoms with Gasteiger partial charge >= 0.3 is 0 Å². The molecule has 0 amide bonds. The number of methoxy groups -OCH3 is 2. The lowest BCUT2D eigenvalue weighted by atomic mass is 10.2. The van der Waals surface area contributed by atoms with Crippen molar-refractivity contribution in [2.45, 2.75) is 13.8 Å². The number of nitrogens with one attached hydrogen (secondary N) is 1. The third-order valence-electron chi connectivity index (χ3n) is 3.55. The van der Waals surface area contributed by atoms with E-state index in [0.29, 0.717) is 22.8 Å². The summed E-state index contributed by atoms with van der Waals surface area (Å²) in [5.74, 6) is 1.45. The molecule has 6 nitrogen and oxygen atoms in total. The maximum absolute atomic E-state index is 5.99. The van der Waals surface area contributed by atoms with Gasteiger partial charge in [0.1, 0.15) is 11.5 Å². The molecule has 25 heavy (non-hydrogen) atoms. The van der Waals surface area contributed by atoms with E-state index in [2.05, 4.69) is 10.3 Å². The summed E-state index contributed by atoms with van der Waals surface area (Å²) in [6.07, 6.45) is 1.91. The Kier molecular flexibility index (Phi) is 5.89. The number of nitrogen functional groups attached to an aromatic ring is 2. The molecule has 2 aromatic carbocycles. The number of hydrogen-bond acceptors (Lipinski definition) is 6. The van der Waals surface area contributed by atoms with Gasteiger partial charge in [-0.3, -0.25) is 4.99 Å². The lowest BCUT2D eigenvalue weighted by molar-refractivity contribution is 0.415. The van der Waals surface area contributed by atoms with E-state index < -0.39 is 0 Å². The standard InChI is InChI=1S/C19H24N4O2/c1-12(22-18-10-14(24-3)5-7-16(18)20)9-13(2)23-19-11-15(25-4)6-8-17(19)21/h5-11,22H,20-21H2,1-4H3/b12-9-,23-13?. The maximum Gasteiger partial charge on any atom is 0.121 e. The number of benzene rings is 2. The summed E-state index contributed by atoms with van der Waals surface area (Å²) in [7, 11) is 3.23. The van der Waals surface area contributed by atoms with Crippen molar-refractivity contribution in [3.05, 3.63) is 48.2 Å². The second kappa shape index (κ2) is 8.10. The summed E-state index contributed by atoms with van der Waals surface area (Å²) < 4.78 is 10.4. The third kappa shape index (κ3) is 4.91. The SMILES string of the molecule is COc1ccc(N)c(N=C(C)/C=C(/C)Nc2cc(OC)ccc2N)c1. The minimum atomic E-state index is 0.594. The van der Waals surface area contributed by atoms with Gasteiger partial charge in [-0.1, -0.05) is 0 Å². The molecule has 2 aromatic rings. The van der Waals surface area contributed by atoms with E-state index in [1.165, 1.54) is 0 Å². The molecule has 0 aliphatic rings. The summed E-state index contributed by atoms with van der Waals surface area (Å²) in [4.78, 5) is 4.54. The molecule has 0 bridgehead atoms. The number of nitrogens with two attached hydrogens (primary N) is 2. The average Bonchev–Trinajstić information content (AvgIpc) is 2.58. The molecule has 0 spiro atoms. The fraction of sp³-hybridized carbons (Fsp3) is 0.211. The van der Waals surface area contributed by atoms with Crippen molar-refractivity contribution in [3.8, 4) is 11.5 Å². The predicted octanol–water partition coefficient (Wildman–Crippen LogP) is 3.98. The van der Waals surface area contributed by atoms with Crippen LogP contribution in [-0.2, 0) is 0 Å². The second-order valence-electron chi connectivity index (χ2n) is 5.58. The van der Waals surface area contributed by atoms with Crippen LogP contribution < -0.4 is 26.3 Å². The minimum absolute atomic E-state index is 0.594. The summed E-state index contributed by atoms with van der Waals surface area (Å²) >= 11 is 0. The Hall–Kier alpha value is -3.15. The highest BCUT2D eigenvalue weighted by Crippen LogP contribution is 2.28. The van der Waals surface area contributed by atoms with Crippen LogP contribution in [0.4, 0.5) is 22.7 Å². The van der Waals surface area contributed by atoms with Crippen molar-refractivity contribution in [1.29, 1.82) is 0 Å². The van der Waals surface area contributed by atoms with Crippen molar-refractivity contribution < 1.29 is 9.47 Å². The summed E-state index contributed by atoms with van der Waals surface area (Å²) in [6.45, 7) is 3.84. The number of nitrogens with zero attached hydrogens (tertiary/aromatic N) is 1. The van der Waals surface area contributed by atoms with Crippen molar-refractivity contribution in [1.82, 2.24) is 0 Å². The zero-order chi connectivity index (χ0) is 18.4. The first-order valence-electron chi connectivity index (χ1n) is 7.80. The van der Waals surface area contributed by atoms with Gasteiger partial charge in [0.2, 0.25) is 0 Å². The first-order valence-corrected chi connectivity index (χ1v) is 7.80. The Morgan fingerprint density at radius 1 is 0.960 bits per heavy atom. The molecule has 0 atom stereocenters. The van der Waals surface area contributed by atoms with Gasteiger partial charge in [0, 0.05) is 23.5 Å². The fourth-order valence-electron chi connectivity index (χ4n) is 2.30. The van der Waals surface area contributed by atoms with Crippen LogP contribution >= 0.6 is 0 Å². The first-order chi connectivity index (χ1) is 11.9. The normalized spacial score (nSPS) is 12.0. The van der Waals surface area contributed by atoms with Crippen LogP contribution in [0.2, 0.25) is 0 Å². The van der Waals surface area contributed by atoms with E-state index >= 15 is 0 Å². The summed E-state index contributed by atoms with van der Waals surface area (Å²) in [6, 6.07) is 10.8. The number of hydrogen-bond donors (Lipinski definition) is 3. The summed E-state index contributed by atoms with van der Waals surface area (Å²) in [5.41, 5.74) is 16.3. The zero-order valence-corrected chi connectivity index (χ0v) is 15.0.